The molecule has 0 saturated heterocycles. The maximum Gasteiger partial charge on any atom is 0.340 e. The van der Waals surface area contributed by atoms with Gasteiger partial charge >= 0.3 is 5.97 Å². The topological polar surface area (TPSA) is 98.2 Å². The molecule has 0 aliphatic carbocycles. The number of aromatic nitrogens is 3. The largest absolute Gasteiger partial charge is 0.460 e. The second kappa shape index (κ2) is 9.15. The van der Waals surface area contributed by atoms with Crippen LogP contribution in [0.2, 0.25) is 5.02 Å². The van der Waals surface area contributed by atoms with Gasteiger partial charge in [-0.1, -0.05) is 17.7 Å². The fourth-order valence-corrected chi connectivity index (χ4v) is 3.33. The highest BCUT2D eigenvalue weighted by Crippen LogP contribution is 2.23. The van der Waals surface area contributed by atoms with E-state index in [2.05, 4.69) is 15.4 Å². The molecule has 3 aromatic rings. The van der Waals surface area contributed by atoms with E-state index in [1.807, 2.05) is 13.0 Å². The van der Waals surface area contributed by atoms with E-state index in [0.29, 0.717) is 40.0 Å². The first-order chi connectivity index (χ1) is 14.3. The van der Waals surface area contributed by atoms with Crippen LogP contribution in [-0.4, -0.2) is 47.0 Å². The lowest BCUT2D eigenvalue weighted by atomic mass is 10.1. The number of anilines is 1. The zero-order valence-corrected chi connectivity index (χ0v) is 18.0. The van der Waals surface area contributed by atoms with Crippen LogP contribution in [0.3, 0.4) is 0 Å². The molecular formula is C21H23ClN4O4. The van der Waals surface area contributed by atoms with E-state index in [1.165, 1.54) is 7.11 Å². The summed E-state index contributed by atoms with van der Waals surface area (Å²) in [4.78, 5) is 28.3. The third kappa shape index (κ3) is 4.55. The molecule has 0 bridgehead atoms. The summed E-state index contributed by atoms with van der Waals surface area (Å²) in [6.45, 7) is 5.68. The Hall–Kier alpha value is -3.10. The van der Waals surface area contributed by atoms with Crippen molar-refractivity contribution >= 4 is 29.3 Å². The number of hydrogen-bond acceptors (Lipinski definition) is 5. The minimum atomic E-state index is -0.503. The number of methoxy groups -OCH3 is 1. The number of aromatic amines is 1. The summed E-state index contributed by atoms with van der Waals surface area (Å²) in [5.41, 5.74) is 3.13. The molecule has 0 aliphatic heterocycles. The van der Waals surface area contributed by atoms with Crippen molar-refractivity contribution < 1.29 is 19.1 Å². The van der Waals surface area contributed by atoms with Crippen LogP contribution in [0, 0.1) is 20.8 Å². The van der Waals surface area contributed by atoms with Gasteiger partial charge in [-0.25, -0.2) is 9.48 Å². The normalized spacial score (nSPS) is 10.8. The molecule has 3 rings (SSSR count). The Kier molecular flexibility index (Phi) is 6.59. The fourth-order valence-electron chi connectivity index (χ4n) is 3.15. The Morgan fingerprint density at radius 2 is 1.97 bits per heavy atom. The van der Waals surface area contributed by atoms with Crippen molar-refractivity contribution in [2.45, 2.75) is 20.8 Å². The van der Waals surface area contributed by atoms with Crippen molar-refractivity contribution in [2.24, 2.45) is 0 Å². The molecule has 0 radical (unpaired) electrons. The average molecular weight is 431 g/mol. The van der Waals surface area contributed by atoms with E-state index in [9.17, 15) is 9.59 Å². The van der Waals surface area contributed by atoms with E-state index in [1.54, 1.807) is 42.8 Å². The monoisotopic (exact) mass is 430 g/mol. The zero-order valence-electron chi connectivity index (χ0n) is 17.2. The Balaban J connectivity index is 1.86. The van der Waals surface area contributed by atoms with Gasteiger partial charge in [0.2, 0.25) is 0 Å². The Morgan fingerprint density at radius 3 is 2.67 bits per heavy atom. The summed E-state index contributed by atoms with van der Waals surface area (Å²) in [5.74, 6) is -0.414. The number of amides is 1. The van der Waals surface area contributed by atoms with Crippen LogP contribution >= 0.6 is 11.6 Å². The van der Waals surface area contributed by atoms with Gasteiger partial charge in [-0.05, 0) is 44.5 Å². The summed E-state index contributed by atoms with van der Waals surface area (Å²) >= 11 is 6.09. The first-order valence-electron chi connectivity index (χ1n) is 9.31. The van der Waals surface area contributed by atoms with Gasteiger partial charge in [-0.15, -0.1) is 0 Å². The number of nitrogens with one attached hydrogen (secondary N) is 2. The second-order valence-electron chi connectivity index (χ2n) is 6.77. The van der Waals surface area contributed by atoms with E-state index >= 15 is 0 Å². The molecule has 158 valence electrons. The number of carbonyl (C=O) groups excluding carboxylic acids is 2. The summed E-state index contributed by atoms with van der Waals surface area (Å²) in [6.07, 6.45) is 0. The van der Waals surface area contributed by atoms with Gasteiger partial charge < -0.3 is 19.8 Å². The van der Waals surface area contributed by atoms with Crippen LogP contribution in [0.4, 0.5) is 5.82 Å². The molecule has 0 aliphatic rings. The molecular weight excluding hydrogens is 408 g/mol. The number of ether oxygens (including phenoxy) is 2. The molecule has 0 saturated carbocycles. The smallest absolute Gasteiger partial charge is 0.340 e. The molecule has 1 aromatic carbocycles. The molecule has 1 amide bonds. The Bertz CT molecular complexity index is 1090. The maximum atomic E-state index is 13.0. The number of aryl methyl sites for hydroxylation is 2. The average Bonchev–Trinajstić information content (AvgIpc) is 3.20. The number of H-pyrrole nitrogens is 1. The first-order valence-corrected chi connectivity index (χ1v) is 9.68. The van der Waals surface area contributed by atoms with Crippen molar-refractivity contribution in [3.8, 4) is 5.69 Å². The minimum absolute atomic E-state index is 0.138. The van der Waals surface area contributed by atoms with Crippen molar-refractivity contribution in [1.29, 1.82) is 0 Å². The van der Waals surface area contributed by atoms with Gasteiger partial charge in [-0.2, -0.15) is 5.10 Å². The molecule has 0 spiro atoms. The predicted octanol–water partition coefficient (Wildman–Crippen LogP) is 3.83. The highest BCUT2D eigenvalue weighted by atomic mass is 35.5. The van der Waals surface area contributed by atoms with Gasteiger partial charge in [0, 0.05) is 23.9 Å². The second-order valence-corrected chi connectivity index (χ2v) is 7.21. The zero-order chi connectivity index (χ0) is 21.8. The lowest BCUT2D eigenvalue weighted by Gasteiger charge is -2.09. The number of nitrogens with zero attached hydrogens (tertiary/aromatic N) is 2. The molecule has 2 aromatic heterocycles. The quantitative estimate of drug-likeness (QED) is 0.438. The summed E-state index contributed by atoms with van der Waals surface area (Å²) in [5, 5.41) is 7.84. The van der Waals surface area contributed by atoms with Gasteiger partial charge in [-0.3, -0.25) is 4.79 Å². The van der Waals surface area contributed by atoms with Crippen LogP contribution in [-0.2, 0) is 9.47 Å². The van der Waals surface area contributed by atoms with E-state index in [0.717, 1.165) is 5.69 Å². The molecule has 30 heavy (non-hydrogen) atoms. The lowest BCUT2D eigenvalue weighted by Crippen LogP contribution is -2.17. The maximum absolute atomic E-state index is 13.0. The molecule has 2 N–H and O–H groups in total. The van der Waals surface area contributed by atoms with Crippen LogP contribution in [0.15, 0.2) is 30.3 Å². The highest BCUT2D eigenvalue weighted by molar-refractivity contribution is 6.30. The van der Waals surface area contributed by atoms with Gasteiger partial charge in [0.15, 0.2) is 0 Å². The van der Waals surface area contributed by atoms with E-state index in [-0.39, 0.29) is 12.3 Å². The molecule has 0 fully saturated rings. The fraction of sp³-hybridized carbons (Fsp3) is 0.286. The molecule has 8 nitrogen and oxygen atoms in total. The SMILES string of the molecule is COCCOC(=O)c1c(C)[nH]c(C(=O)Nc2cc(C)nn2-c2cccc(Cl)c2)c1C. The molecule has 0 atom stereocenters. The van der Waals surface area contributed by atoms with Crippen molar-refractivity contribution in [2.75, 3.05) is 25.6 Å². The minimum Gasteiger partial charge on any atom is -0.460 e. The Morgan fingerprint density at radius 1 is 1.20 bits per heavy atom. The number of hydrogen-bond donors (Lipinski definition) is 2. The number of rotatable bonds is 7. The highest BCUT2D eigenvalue weighted by Gasteiger charge is 2.24. The van der Waals surface area contributed by atoms with Crippen LogP contribution in [0.5, 0.6) is 0 Å². The number of carbonyl (C=O) groups is 2. The van der Waals surface area contributed by atoms with Crippen LogP contribution in [0.25, 0.3) is 5.69 Å². The molecule has 9 heteroatoms. The summed E-state index contributed by atoms with van der Waals surface area (Å²) in [6, 6.07) is 8.91. The van der Waals surface area contributed by atoms with Crippen LogP contribution < -0.4 is 5.32 Å². The standard InChI is InChI=1S/C21H23ClN4O4/c1-12-10-17(26(25-12)16-7-5-6-15(22)11-16)24-20(27)19-13(2)18(14(3)23-19)21(28)30-9-8-29-4/h5-7,10-11,23H,8-9H2,1-4H3,(H,24,27). The van der Waals surface area contributed by atoms with Gasteiger partial charge in [0.1, 0.15) is 18.1 Å². The van der Waals surface area contributed by atoms with Crippen LogP contribution in [0.1, 0.15) is 37.8 Å². The predicted molar refractivity (Wildman–Crippen MR) is 114 cm³/mol. The van der Waals surface area contributed by atoms with Crippen molar-refractivity contribution in [1.82, 2.24) is 14.8 Å². The molecule has 0 unspecified atom stereocenters. The number of esters is 1. The van der Waals surface area contributed by atoms with E-state index in [4.69, 9.17) is 21.1 Å². The third-order valence-corrected chi connectivity index (χ3v) is 4.75. The molecule has 2 heterocycles. The first kappa shape index (κ1) is 21.6. The van der Waals surface area contributed by atoms with Crippen molar-refractivity contribution in [3.63, 3.8) is 0 Å². The van der Waals surface area contributed by atoms with Gasteiger partial charge in [0.25, 0.3) is 5.91 Å². The van der Waals surface area contributed by atoms with E-state index < -0.39 is 11.9 Å². The Labute approximate surface area is 179 Å². The summed E-state index contributed by atoms with van der Waals surface area (Å²) < 4.78 is 11.7. The summed E-state index contributed by atoms with van der Waals surface area (Å²) in [7, 11) is 1.53. The van der Waals surface area contributed by atoms with Gasteiger partial charge in [0.05, 0.1) is 23.6 Å². The third-order valence-electron chi connectivity index (χ3n) is 4.52. The lowest BCUT2D eigenvalue weighted by molar-refractivity contribution is 0.0387. The number of benzene rings is 1. The number of halogens is 1. The van der Waals surface area contributed by atoms with Crippen molar-refractivity contribution in [3.05, 3.63) is 63.6 Å².